The van der Waals surface area contributed by atoms with E-state index in [4.69, 9.17) is 4.74 Å². The van der Waals surface area contributed by atoms with Crippen molar-refractivity contribution in [1.29, 1.82) is 0 Å². The van der Waals surface area contributed by atoms with Gasteiger partial charge in [-0.1, -0.05) is 28.0 Å². The molecular formula is C18H17BrN4O5S. The molecule has 3 aromatic rings. The summed E-state index contributed by atoms with van der Waals surface area (Å²) in [5, 5.41) is 3.52. The van der Waals surface area contributed by atoms with Crippen LogP contribution >= 0.6 is 15.9 Å². The second kappa shape index (κ2) is 8.62. The van der Waals surface area contributed by atoms with Crippen LogP contribution in [0.4, 0.5) is 17.3 Å². The van der Waals surface area contributed by atoms with Gasteiger partial charge in [-0.3, -0.25) is 14.4 Å². The highest BCUT2D eigenvalue weighted by molar-refractivity contribution is 9.10. The number of carbonyl (C=O) groups excluding carboxylic acids is 1. The Balaban J connectivity index is 1.97. The normalized spacial score (nSPS) is 11.1. The van der Waals surface area contributed by atoms with Gasteiger partial charge < -0.3 is 9.26 Å². The number of carbonyl (C=O) groups is 1. The number of nitrogens with zero attached hydrogens (tertiary/aromatic N) is 3. The lowest BCUT2D eigenvalue weighted by atomic mass is 10.2. The van der Waals surface area contributed by atoms with Crippen molar-refractivity contribution in [3.63, 3.8) is 0 Å². The summed E-state index contributed by atoms with van der Waals surface area (Å²) in [6.45, 7) is 1.72. The number of nitrogens with one attached hydrogen (secondary N) is 1. The Morgan fingerprint density at radius 1 is 1.28 bits per heavy atom. The average Bonchev–Trinajstić information content (AvgIpc) is 3.21. The van der Waals surface area contributed by atoms with Gasteiger partial charge in [0, 0.05) is 23.2 Å². The van der Waals surface area contributed by atoms with E-state index in [1.807, 2.05) is 0 Å². The monoisotopic (exact) mass is 480 g/mol. The smallest absolute Gasteiger partial charge is 0.264 e. The standard InChI is InChI=1S/C18H17BrN4O5S/c1-3-18(24)23(14-6-4-12(19)10-15(14)27-2)17-7-5-13(11-20-17)29(25,26)22-16-8-9-28-21-16/h4-11H,3H2,1-2H3,(H,21,22). The summed E-state index contributed by atoms with van der Waals surface area (Å²) >= 11 is 3.37. The Labute approximate surface area is 175 Å². The highest BCUT2D eigenvalue weighted by Crippen LogP contribution is 2.35. The van der Waals surface area contributed by atoms with Crippen LogP contribution in [0.15, 0.2) is 62.7 Å². The van der Waals surface area contributed by atoms with E-state index >= 15 is 0 Å². The molecule has 29 heavy (non-hydrogen) atoms. The van der Waals surface area contributed by atoms with Crippen LogP contribution in [0.3, 0.4) is 0 Å². The highest BCUT2D eigenvalue weighted by Gasteiger charge is 2.23. The van der Waals surface area contributed by atoms with Gasteiger partial charge in [-0.2, -0.15) is 0 Å². The lowest BCUT2D eigenvalue weighted by Gasteiger charge is -2.23. The van der Waals surface area contributed by atoms with Gasteiger partial charge in [0.25, 0.3) is 10.0 Å². The van der Waals surface area contributed by atoms with Crippen LogP contribution in [0.25, 0.3) is 0 Å². The number of halogens is 1. The van der Waals surface area contributed by atoms with Crippen LogP contribution in [0.2, 0.25) is 0 Å². The molecule has 1 N–H and O–H groups in total. The zero-order chi connectivity index (χ0) is 21.0. The van der Waals surface area contributed by atoms with Gasteiger partial charge in [-0.15, -0.1) is 0 Å². The van der Waals surface area contributed by atoms with Crippen LogP contribution in [0.1, 0.15) is 13.3 Å². The summed E-state index contributed by atoms with van der Waals surface area (Å²) in [4.78, 5) is 18.1. The first-order valence-corrected chi connectivity index (χ1v) is 10.7. The molecule has 0 bridgehead atoms. The van der Waals surface area contributed by atoms with Crippen LogP contribution in [0, 0.1) is 0 Å². The first-order valence-electron chi connectivity index (χ1n) is 8.41. The molecule has 2 heterocycles. The summed E-state index contributed by atoms with van der Waals surface area (Å²) in [7, 11) is -2.41. The molecule has 0 saturated carbocycles. The molecule has 0 saturated heterocycles. The van der Waals surface area contributed by atoms with Crippen molar-refractivity contribution < 1.29 is 22.5 Å². The number of methoxy groups -OCH3 is 1. The molecule has 0 atom stereocenters. The SMILES string of the molecule is CCC(=O)N(c1ccc(S(=O)(=O)Nc2ccon2)cn1)c1ccc(Br)cc1OC. The summed E-state index contributed by atoms with van der Waals surface area (Å²) in [5.41, 5.74) is 0.492. The first kappa shape index (κ1) is 20.8. The fraction of sp³-hybridized carbons (Fsp3) is 0.167. The van der Waals surface area contributed by atoms with Crippen LogP contribution in [0.5, 0.6) is 5.75 Å². The van der Waals surface area contributed by atoms with Gasteiger partial charge in [0.05, 0.1) is 12.8 Å². The third kappa shape index (κ3) is 4.57. The minimum absolute atomic E-state index is 0.0523. The molecule has 0 aliphatic heterocycles. The van der Waals surface area contributed by atoms with E-state index < -0.39 is 10.0 Å². The Bertz CT molecular complexity index is 1100. The summed E-state index contributed by atoms with van der Waals surface area (Å²) < 4.78 is 37.9. The van der Waals surface area contributed by atoms with E-state index in [0.717, 1.165) is 4.47 Å². The number of hydrogen-bond donors (Lipinski definition) is 1. The third-order valence-corrected chi connectivity index (χ3v) is 5.70. The lowest BCUT2D eigenvalue weighted by molar-refractivity contribution is -0.117. The Morgan fingerprint density at radius 3 is 2.66 bits per heavy atom. The fourth-order valence-electron chi connectivity index (χ4n) is 2.51. The van der Waals surface area contributed by atoms with Crippen LogP contribution in [-0.4, -0.2) is 31.6 Å². The molecule has 152 valence electrons. The quantitative estimate of drug-likeness (QED) is 0.547. The maximum atomic E-state index is 12.6. The zero-order valence-electron chi connectivity index (χ0n) is 15.5. The fourth-order valence-corrected chi connectivity index (χ4v) is 3.78. The number of amides is 1. The Kier molecular flexibility index (Phi) is 6.18. The maximum absolute atomic E-state index is 12.6. The lowest BCUT2D eigenvalue weighted by Crippen LogP contribution is -2.26. The second-order valence-electron chi connectivity index (χ2n) is 5.74. The first-order chi connectivity index (χ1) is 13.9. The van der Waals surface area contributed by atoms with Crippen molar-refractivity contribution >= 4 is 49.2 Å². The number of benzene rings is 1. The number of ether oxygens (including phenoxy) is 1. The van der Waals surface area contributed by atoms with Crippen molar-refractivity contribution in [1.82, 2.24) is 10.1 Å². The number of pyridine rings is 1. The predicted octanol–water partition coefficient (Wildman–Crippen LogP) is 3.72. The van der Waals surface area contributed by atoms with E-state index in [2.05, 4.69) is 35.3 Å². The molecule has 0 aliphatic rings. The molecule has 0 aliphatic carbocycles. The molecule has 2 aromatic heterocycles. The molecule has 11 heteroatoms. The van der Waals surface area contributed by atoms with Crippen molar-refractivity contribution in [3.05, 3.63) is 53.3 Å². The predicted molar refractivity (Wildman–Crippen MR) is 110 cm³/mol. The van der Waals surface area contributed by atoms with Crippen molar-refractivity contribution in [3.8, 4) is 5.75 Å². The highest BCUT2D eigenvalue weighted by atomic mass is 79.9. The number of hydrogen-bond acceptors (Lipinski definition) is 7. The van der Waals surface area contributed by atoms with Gasteiger partial charge in [0.2, 0.25) is 5.91 Å². The van der Waals surface area contributed by atoms with Gasteiger partial charge >= 0.3 is 0 Å². The van der Waals surface area contributed by atoms with Crippen LogP contribution < -0.4 is 14.4 Å². The van der Waals surface area contributed by atoms with Gasteiger partial charge in [0.15, 0.2) is 5.82 Å². The van der Waals surface area contributed by atoms with Crippen molar-refractivity contribution in [2.24, 2.45) is 0 Å². The molecule has 1 aromatic carbocycles. The maximum Gasteiger partial charge on any atom is 0.264 e. The van der Waals surface area contributed by atoms with E-state index in [-0.39, 0.29) is 28.9 Å². The van der Waals surface area contributed by atoms with E-state index in [1.54, 1.807) is 25.1 Å². The van der Waals surface area contributed by atoms with E-state index in [0.29, 0.717) is 11.4 Å². The minimum atomic E-state index is -3.90. The van der Waals surface area contributed by atoms with Gasteiger partial charge in [-0.25, -0.2) is 13.4 Å². The Morgan fingerprint density at radius 2 is 2.07 bits per heavy atom. The molecule has 0 radical (unpaired) electrons. The topological polar surface area (TPSA) is 115 Å². The van der Waals surface area contributed by atoms with Gasteiger partial charge in [-0.05, 0) is 30.3 Å². The van der Waals surface area contributed by atoms with Gasteiger partial charge in [0.1, 0.15) is 22.7 Å². The number of sulfonamides is 1. The molecule has 0 fully saturated rings. The second-order valence-corrected chi connectivity index (χ2v) is 8.34. The van der Waals surface area contributed by atoms with Crippen molar-refractivity contribution in [2.45, 2.75) is 18.2 Å². The molecule has 1 amide bonds. The molecule has 0 unspecified atom stereocenters. The minimum Gasteiger partial charge on any atom is -0.495 e. The van der Waals surface area contributed by atoms with Crippen LogP contribution in [-0.2, 0) is 14.8 Å². The molecule has 0 spiro atoms. The number of anilines is 3. The van der Waals surface area contributed by atoms with E-state index in [9.17, 15) is 13.2 Å². The Hall–Kier alpha value is -2.92. The number of rotatable bonds is 7. The molecule has 9 nitrogen and oxygen atoms in total. The summed E-state index contributed by atoms with van der Waals surface area (Å²) in [6, 6.07) is 9.40. The summed E-state index contributed by atoms with van der Waals surface area (Å²) in [5.74, 6) is 0.552. The third-order valence-electron chi connectivity index (χ3n) is 3.87. The van der Waals surface area contributed by atoms with Crippen molar-refractivity contribution in [2.75, 3.05) is 16.7 Å². The summed E-state index contributed by atoms with van der Waals surface area (Å²) in [6.07, 6.45) is 2.63. The zero-order valence-corrected chi connectivity index (χ0v) is 17.9. The average molecular weight is 481 g/mol. The molecule has 3 rings (SSSR count). The number of aromatic nitrogens is 2. The largest absolute Gasteiger partial charge is 0.495 e. The van der Waals surface area contributed by atoms with E-state index in [1.165, 1.54) is 42.7 Å². The molecular weight excluding hydrogens is 464 g/mol.